The summed E-state index contributed by atoms with van der Waals surface area (Å²) in [4.78, 5) is 11.2. The first-order chi connectivity index (χ1) is 11.6. The first kappa shape index (κ1) is 17.4. The molecular weight excluding hydrogens is 308 g/mol. The highest BCUT2D eigenvalue weighted by atomic mass is 16.5. The number of hydrogen-bond acceptors (Lipinski definition) is 5. The highest BCUT2D eigenvalue weighted by molar-refractivity contribution is 5.87. The molecule has 0 fully saturated rings. The molecule has 0 saturated heterocycles. The fourth-order valence-electron chi connectivity index (χ4n) is 2.37. The quantitative estimate of drug-likeness (QED) is 0.599. The van der Waals surface area contributed by atoms with Crippen molar-refractivity contribution < 1.29 is 23.7 Å². The zero-order chi connectivity index (χ0) is 17.5. The summed E-state index contributed by atoms with van der Waals surface area (Å²) in [6.07, 6.45) is 3.08. The molecule has 0 radical (unpaired) electrons. The smallest absolute Gasteiger partial charge is 0.330 e. The van der Waals surface area contributed by atoms with Crippen molar-refractivity contribution in [1.29, 1.82) is 0 Å². The number of esters is 1. The molecule has 5 heteroatoms. The molecular formula is C19H20O5. The van der Waals surface area contributed by atoms with Gasteiger partial charge in [-0.3, -0.25) is 0 Å². The van der Waals surface area contributed by atoms with E-state index in [4.69, 9.17) is 14.2 Å². The van der Waals surface area contributed by atoms with Crippen LogP contribution in [0.2, 0.25) is 0 Å². The third-order valence-electron chi connectivity index (χ3n) is 3.51. The Morgan fingerprint density at radius 3 is 2.29 bits per heavy atom. The molecule has 2 aromatic carbocycles. The molecule has 2 aromatic rings. The fourth-order valence-corrected chi connectivity index (χ4v) is 2.37. The summed E-state index contributed by atoms with van der Waals surface area (Å²) in [5.74, 6) is 1.32. The van der Waals surface area contributed by atoms with Gasteiger partial charge in [0.2, 0.25) is 5.75 Å². The van der Waals surface area contributed by atoms with Gasteiger partial charge in [-0.1, -0.05) is 18.2 Å². The lowest BCUT2D eigenvalue weighted by Gasteiger charge is -2.16. The van der Waals surface area contributed by atoms with Crippen LogP contribution in [0.4, 0.5) is 0 Å². The Bertz CT molecular complexity index is 749. The number of carbonyl (C=O) groups is 1. The fraction of sp³-hybridized carbons (Fsp3) is 0.211. The summed E-state index contributed by atoms with van der Waals surface area (Å²) >= 11 is 0. The molecule has 0 amide bonds. The third kappa shape index (κ3) is 3.68. The molecule has 0 saturated carbocycles. The van der Waals surface area contributed by atoms with Crippen LogP contribution in [0.5, 0.6) is 17.2 Å². The van der Waals surface area contributed by atoms with Gasteiger partial charge in [-0.05, 0) is 35.4 Å². The molecule has 0 aliphatic carbocycles. The summed E-state index contributed by atoms with van der Waals surface area (Å²) in [7, 11) is 6.08. The van der Waals surface area contributed by atoms with Gasteiger partial charge in [0.15, 0.2) is 11.5 Å². The van der Waals surface area contributed by atoms with E-state index >= 15 is 0 Å². The normalized spacial score (nSPS) is 10.5. The SMILES string of the molecule is COC(=O)/C=C/c1cccc(-c2ccc(OC)c(OC)c2OC)c1. The number of hydrogen-bond donors (Lipinski definition) is 0. The maximum absolute atomic E-state index is 11.2. The van der Waals surface area contributed by atoms with Crippen molar-refractivity contribution in [3.05, 3.63) is 48.0 Å². The van der Waals surface area contributed by atoms with Crippen LogP contribution >= 0.6 is 0 Å². The summed E-state index contributed by atoms with van der Waals surface area (Å²) in [6.45, 7) is 0. The van der Waals surface area contributed by atoms with Gasteiger partial charge in [0.25, 0.3) is 0 Å². The van der Waals surface area contributed by atoms with Crippen molar-refractivity contribution in [2.75, 3.05) is 28.4 Å². The predicted molar refractivity (Wildman–Crippen MR) is 92.6 cm³/mol. The molecule has 24 heavy (non-hydrogen) atoms. The zero-order valence-electron chi connectivity index (χ0n) is 14.2. The van der Waals surface area contributed by atoms with Crippen LogP contribution in [0.25, 0.3) is 17.2 Å². The van der Waals surface area contributed by atoms with Crippen molar-refractivity contribution in [1.82, 2.24) is 0 Å². The molecule has 0 aliphatic heterocycles. The first-order valence-corrected chi connectivity index (χ1v) is 7.30. The third-order valence-corrected chi connectivity index (χ3v) is 3.51. The highest BCUT2D eigenvalue weighted by Gasteiger charge is 2.16. The topological polar surface area (TPSA) is 54.0 Å². The largest absolute Gasteiger partial charge is 0.493 e. The average molecular weight is 328 g/mol. The minimum Gasteiger partial charge on any atom is -0.493 e. The zero-order valence-corrected chi connectivity index (χ0v) is 14.2. The lowest BCUT2D eigenvalue weighted by atomic mass is 10.0. The van der Waals surface area contributed by atoms with Gasteiger partial charge in [-0.25, -0.2) is 4.79 Å². The lowest BCUT2D eigenvalue weighted by molar-refractivity contribution is -0.134. The Kier molecular flexibility index (Phi) is 5.84. The lowest BCUT2D eigenvalue weighted by Crippen LogP contribution is -1.97. The van der Waals surface area contributed by atoms with Crippen LogP contribution in [0.3, 0.4) is 0 Å². The minimum absolute atomic E-state index is 0.399. The minimum atomic E-state index is -0.399. The van der Waals surface area contributed by atoms with Crippen LogP contribution in [0, 0.1) is 0 Å². The maximum atomic E-state index is 11.2. The van der Waals surface area contributed by atoms with Crippen LogP contribution in [0.1, 0.15) is 5.56 Å². The van der Waals surface area contributed by atoms with E-state index in [1.807, 2.05) is 36.4 Å². The van der Waals surface area contributed by atoms with Crippen molar-refractivity contribution >= 4 is 12.0 Å². The van der Waals surface area contributed by atoms with Crippen molar-refractivity contribution in [3.8, 4) is 28.4 Å². The number of carbonyl (C=O) groups excluding carboxylic acids is 1. The molecule has 0 aromatic heterocycles. The van der Waals surface area contributed by atoms with E-state index in [-0.39, 0.29) is 0 Å². The molecule has 0 aliphatic rings. The number of benzene rings is 2. The van der Waals surface area contributed by atoms with Gasteiger partial charge in [0.05, 0.1) is 28.4 Å². The second-order valence-corrected chi connectivity index (χ2v) is 4.86. The number of rotatable bonds is 6. The molecule has 0 unspecified atom stereocenters. The Hall–Kier alpha value is -2.95. The standard InChI is InChI=1S/C19H20O5/c1-21-16-10-9-15(18(23-3)19(16)24-4)14-7-5-6-13(12-14)8-11-17(20)22-2/h5-12H,1-4H3/b11-8+. The van der Waals surface area contributed by atoms with Gasteiger partial charge < -0.3 is 18.9 Å². The number of ether oxygens (including phenoxy) is 4. The Labute approximate surface area is 141 Å². The van der Waals surface area contributed by atoms with Gasteiger partial charge >= 0.3 is 5.97 Å². The second kappa shape index (κ2) is 8.06. The molecule has 0 bridgehead atoms. The van der Waals surface area contributed by atoms with Crippen molar-refractivity contribution in [2.24, 2.45) is 0 Å². The van der Waals surface area contributed by atoms with Crippen LogP contribution in [-0.2, 0) is 9.53 Å². The molecule has 2 rings (SSSR count). The van der Waals surface area contributed by atoms with E-state index in [1.54, 1.807) is 27.4 Å². The van der Waals surface area contributed by atoms with E-state index < -0.39 is 5.97 Å². The van der Waals surface area contributed by atoms with Gasteiger partial charge in [0, 0.05) is 11.6 Å². The molecule has 0 spiro atoms. The summed E-state index contributed by atoms with van der Waals surface area (Å²) in [5, 5.41) is 0. The Balaban J connectivity index is 2.49. The summed E-state index contributed by atoms with van der Waals surface area (Å²) in [5.41, 5.74) is 2.66. The molecule has 0 heterocycles. The Morgan fingerprint density at radius 2 is 1.67 bits per heavy atom. The molecule has 5 nitrogen and oxygen atoms in total. The maximum Gasteiger partial charge on any atom is 0.330 e. The van der Waals surface area contributed by atoms with Gasteiger partial charge in [-0.15, -0.1) is 0 Å². The van der Waals surface area contributed by atoms with Crippen LogP contribution in [0.15, 0.2) is 42.5 Å². The van der Waals surface area contributed by atoms with Gasteiger partial charge in [-0.2, -0.15) is 0 Å². The van der Waals surface area contributed by atoms with Crippen molar-refractivity contribution in [3.63, 3.8) is 0 Å². The van der Waals surface area contributed by atoms with Crippen LogP contribution in [-0.4, -0.2) is 34.4 Å². The van der Waals surface area contributed by atoms with E-state index in [1.165, 1.54) is 13.2 Å². The van der Waals surface area contributed by atoms with Crippen LogP contribution < -0.4 is 14.2 Å². The predicted octanol–water partition coefficient (Wildman–Crippen LogP) is 3.57. The molecule has 126 valence electrons. The molecule has 0 N–H and O–H groups in total. The first-order valence-electron chi connectivity index (χ1n) is 7.30. The monoisotopic (exact) mass is 328 g/mol. The molecule has 0 atom stereocenters. The van der Waals surface area contributed by atoms with E-state index in [0.29, 0.717) is 17.2 Å². The van der Waals surface area contributed by atoms with E-state index in [0.717, 1.165) is 16.7 Å². The Morgan fingerprint density at radius 1 is 0.917 bits per heavy atom. The van der Waals surface area contributed by atoms with Gasteiger partial charge in [0.1, 0.15) is 0 Å². The summed E-state index contributed by atoms with van der Waals surface area (Å²) < 4.78 is 20.8. The number of methoxy groups -OCH3 is 4. The van der Waals surface area contributed by atoms with Crippen molar-refractivity contribution in [2.45, 2.75) is 0 Å². The second-order valence-electron chi connectivity index (χ2n) is 4.86. The average Bonchev–Trinajstić information content (AvgIpc) is 2.64. The highest BCUT2D eigenvalue weighted by Crippen LogP contribution is 2.44. The van der Waals surface area contributed by atoms with E-state index in [9.17, 15) is 4.79 Å². The van der Waals surface area contributed by atoms with E-state index in [2.05, 4.69) is 4.74 Å². The summed E-state index contributed by atoms with van der Waals surface area (Å²) in [6, 6.07) is 11.4.